The van der Waals surface area contributed by atoms with Gasteiger partial charge in [-0.25, -0.2) is 8.42 Å². The summed E-state index contributed by atoms with van der Waals surface area (Å²) in [5.41, 5.74) is 0.703. The Kier molecular flexibility index (Phi) is 5.87. The third-order valence-electron chi connectivity index (χ3n) is 4.53. The molecule has 3 rings (SSSR count). The first-order chi connectivity index (χ1) is 13.2. The molecule has 1 amide bonds. The molecule has 0 saturated carbocycles. The van der Waals surface area contributed by atoms with Crippen LogP contribution in [0.4, 0.5) is 0 Å². The number of ether oxygens (including phenoxy) is 2. The van der Waals surface area contributed by atoms with Gasteiger partial charge in [0.2, 0.25) is 10.0 Å². The molecule has 1 fully saturated rings. The van der Waals surface area contributed by atoms with Gasteiger partial charge in [-0.3, -0.25) is 9.59 Å². The van der Waals surface area contributed by atoms with Gasteiger partial charge in [0, 0.05) is 6.54 Å². The molecule has 1 aliphatic rings. The minimum Gasteiger partial charge on any atom is -0.497 e. The predicted molar refractivity (Wildman–Crippen MR) is 104 cm³/mol. The van der Waals surface area contributed by atoms with Crippen LogP contribution in [-0.4, -0.2) is 62.2 Å². The third kappa shape index (κ3) is 4.10. The minimum absolute atomic E-state index is 0.116. The number of esters is 1. The molecule has 1 unspecified atom stereocenters. The van der Waals surface area contributed by atoms with E-state index in [-0.39, 0.29) is 6.54 Å². The Labute approximate surface area is 166 Å². The second kappa shape index (κ2) is 8.02. The van der Waals surface area contributed by atoms with E-state index in [1.165, 1.54) is 22.8 Å². The fourth-order valence-electron chi connectivity index (χ4n) is 3.16. The molecule has 0 aliphatic carbocycles. The summed E-state index contributed by atoms with van der Waals surface area (Å²) in [5, 5.41) is 0. The molecule has 152 valence electrons. The number of rotatable bonds is 5. The summed E-state index contributed by atoms with van der Waals surface area (Å²) in [6.07, 6.45) is 2.11. The maximum atomic E-state index is 12.8. The van der Waals surface area contributed by atoms with Crippen LogP contribution in [0.15, 0.2) is 23.2 Å². The molecule has 1 aromatic heterocycles. The quantitative estimate of drug-likeness (QED) is 0.652. The zero-order valence-electron chi connectivity index (χ0n) is 15.7. The van der Waals surface area contributed by atoms with Gasteiger partial charge in [-0.2, -0.15) is 9.30 Å². The van der Waals surface area contributed by atoms with Crippen molar-refractivity contribution in [2.75, 3.05) is 27.0 Å². The summed E-state index contributed by atoms with van der Waals surface area (Å²) >= 11 is 1.22. The summed E-state index contributed by atoms with van der Waals surface area (Å²) < 4.78 is 37.3. The van der Waals surface area contributed by atoms with E-state index < -0.39 is 27.9 Å². The monoisotopic (exact) mass is 427 g/mol. The van der Waals surface area contributed by atoms with Crippen molar-refractivity contribution in [3.8, 4) is 5.75 Å². The van der Waals surface area contributed by atoms with E-state index in [0.717, 1.165) is 11.0 Å². The number of aromatic nitrogens is 1. The molecule has 2 aromatic rings. The summed E-state index contributed by atoms with van der Waals surface area (Å²) in [6.45, 7) is 0.186. The lowest BCUT2D eigenvalue weighted by atomic mass is 10.2. The fraction of sp³-hybridized carbons (Fsp3) is 0.471. The lowest BCUT2D eigenvalue weighted by molar-refractivity contribution is -0.141. The van der Waals surface area contributed by atoms with Gasteiger partial charge in [0.25, 0.3) is 5.91 Å². The van der Waals surface area contributed by atoms with Gasteiger partial charge in [0.05, 0.1) is 30.7 Å². The Morgan fingerprint density at radius 1 is 1.32 bits per heavy atom. The van der Waals surface area contributed by atoms with E-state index in [9.17, 15) is 18.0 Å². The normalized spacial score (nSPS) is 18.5. The molecule has 0 N–H and O–H groups in total. The van der Waals surface area contributed by atoms with Crippen molar-refractivity contribution >= 4 is 43.5 Å². The highest BCUT2D eigenvalue weighted by molar-refractivity contribution is 7.88. The molecule has 0 radical (unpaired) electrons. The predicted octanol–water partition coefficient (Wildman–Crippen LogP) is 0.736. The SMILES string of the molecule is COC(=O)Cn1c(=NC(=O)C2CCCN2S(C)(=O)=O)sc2cc(OC)ccc21. The second-order valence-electron chi connectivity index (χ2n) is 6.36. The molecule has 28 heavy (non-hydrogen) atoms. The summed E-state index contributed by atoms with van der Waals surface area (Å²) in [6, 6.07) is 4.49. The maximum absolute atomic E-state index is 12.8. The van der Waals surface area contributed by atoms with Crippen molar-refractivity contribution in [3.05, 3.63) is 23.0 Å². The van der Waals surface area contributed by atoms with E-state index in [2.05, 4.69) is 4.99 Å². The first-order valence-electron chi connectivity index (χ1n) is 8.54. The van der Waals surface area contributed by atoms with Crippen LogP contribution in [-0.2, 0) is 30.9 Å². The number of nitrogens with zero attached hydrogens (tertiary/aromatic N) is 3. The fourth-order valence-corrected chi connectivity index (χ4v) is 5.35. The lowest BCUT2D eigenvalue weighted by Crippen LogP contribution is -2.40. The molecule has 11 heteroatoms. The van der Waals surface area contributed by atoms with Gasteiger partial charge in [-0.05, 0) is 31.0 Å². The summed E-state index contributed by atoms with van der Waals surface area (Å²) in [7, 11) is -0.667. The summed E-state index contributed by atoms with van der Waals surface area (Å²) in [4.78, 5) is 29.1. The largest absolute Gasteiger partial charge is 0.497 e. The topological polar surface area (TPSA) is 107 Å². The molecule has 0 bridgehead atoms. The number of amides is 1. The zero-order valence-corrected chi connectivity index (χ0v) is 17.4. The van der Waals surface area contributed by atoms with Gasteiger partial charge in [-0.15, -0.1) is 0 Å². The first kappa shape index (κ1) is 20.5. The Bertz CT molecular complexity index is 1090. The van der Waals surface area contributed by atoms with Crippen molar-refractivity contribution in [3.63, 3.8) is 0 Å². The van der Waals surface area contributed by atoms with Crippen LogP contribution in [0.1, 0.15) is 12.8 Å². The second-order valence-corrected chi connectivity index (χ2v) is 9.31. The number of carbonyl (C=O) groups excluding carboxylic acids is 2. The Morgan fingerprint density at radius 2 is 2.07 bits per heavy atom. The van der Waals surface area contributed by atoms with Crippen molar-refractivity contribution < 1.29 is 27.5 Å². The number of hydrogen-bond acceptors (Lipinski definition) is 7. The molecule has 1 saturated heterocycles. The lowest BCUT2D eigenvalue weighted by Gasteiger charge is -2.18. The average molecular weight is 428 g/mol. The van der Waals surface area contributed by atoms with Crippen molar-refractivity contribution in [2.24, 2.45) is 4.99 Å². The van der Waals surface area contributed by atoms with Crippen LogP contribution in [0.5, 0.6) is 5.75 Å². The van der Waals surface area contributed by atoms with Gasteiger partial charge >= 0.3 is 5.97 Å². The molecule has 9 nitrogen and oxygen atoms in total. The van der Waals surface area contributed by atoms with Crippen molar-refractivity contribution in [1.82, 2.24) is 8.87 Å². The highest BCUT2D eigenvalue weighted by Gasteiger charge is 2.36. The van der Waals surface area contributed by atoms with Gasteiger partial charge in [0.1, 0.15) is 18.3 Å². The minimum atomic E-state index is -3.50. The average Bonchev–Trinajstić information content (AvgIpc) is 3.26. The number of fused-ring (bicyclic) bond motifs is 1. The van der Waals surface area contributed by atoms with Gasteiger partial charge in [-0.1, -0.05) is 11.3 Å². The van der Waals surface area contributed by atoms with Crippen LogP contribution in [0, 0.1) is 0 Å². The van der Waals surface area contributed by atoms with Crippen LogP contribution in [0.2, 0.25) is 0 Å². The summed E-state index contributed by atoms with van der Waals surface area (Å²) in [5.74, 6) is -0.390. The van der Waals surface area contributed by atoms with Gasteiger partial charge < -0.3 is 14.0 Å². The molecular weight excluding hydrogens is 406 g/mol. The van der Waals surface area contributed by atoms with Crippen LogP contribution < -0.4 is 9.54 Å². The highest BCUT2D eigenvalue weighted by atomic mass is 32.2. The van der Waals surface area contributed by atoms with E-state index in [1.54, 1.807) is 29.9 Å². The number of carbonyl (C=O) groups is 2. The van der Waals surface area contributed by atoms with Gasteiger partial charge in [0.15, 0.2) is 4.80 Å². The van der Waals surface area contributed by atoms with Crippen molar-refractivity contribution in [2.45, 2.75) is 25.4 Å². The standard InChI is InChI=1S/C17H21N3O6S2/c1-25-11-6-7-12-14(9-11)27-17(19(12)10-15(21)26-2)18-16(22)13-5-4-8-20(13)28(3,23)24/h6-7,9,13H,4-5,8,10H2,1-3H3. The number of sulfonamides is 1. The molecule has 1 atom stereocenters. The number of thiazole rings is 1. The number of benzene rings is 1. The van der Waals surface area contributed by atoms with E-state index in [0.29, 0.717) is 35.5 Å². The number of hydrogen-bond donors (Lipinski definition) is 0. The van der Waals surface area contributed by atoms with E-state index in [4.69, 9.17) is 9.47 Å². The third-order valence-corrected chi connectivity index (χ3v) is 6.86. The van der Waals surface area contributed by atoms with Crippen molar-refractivity contribution in [1.29, 1.82) is 0 Å². The highest BCUT2D eigenvalue weighted by Crippen LogP contribution is 2.24. The Balaban J connectivity index is 2.08. The van der Waals surface area contributed by atoms with Crippen LogP contribution >= 0.6 is 11.3 Å². The Hall–Kier alpha value is -2.24. The molecule has 2 heterocycles. The Morgan fingerprint density at radius 3 is 2.71 bits per heavy atom. The smallest absolute Gasteiger partial charge is 0.325 e. The van der Waals surface area contributed by atoms with E-state index >= 15 is 0 Å². The molecular formula is C17H21N3O6S2. The molecule has 0 spiro atoms. The molecule has 1 aromatic carbocycles. The zero-order chi connectivity index (χ0) is 20.5. The first-order valence-corrected chi connectivity index (χ1v) is 11.2. The van der Waals surface area contributed by atoms with Crippen LogP contribution in [0.3, 0.4) is 0 Å². The number of methoxy groups -OCH3 is 2. The van der Waals surface area contributed by atoms with E-state index in [1.807, 2.05) is 0 Å². The molecule has 1 aliphatic heterocycles. The maximum Gasteiger partial charge on any atom is 0.325 e. The van der Waals surface area contributed by atoms with Crippen LogP contribution in [0.25, 0.3) is 10.2 Å².